The number of benzene rings is 7. The van der Waals surface area contributed by atoms with E-state index in [1.807, 2.05) is 0 Å². The van der Waals surface area contributed by atoms with E-state index in [0.717, 1.165) is 37.1 Å². The van der Waals surface area contributed by atoms with Crippen molar-refractivity contribution in [1.29, 1.82) is 0 Å². The molecule has 7 rings (SSSR count). The van der Waals surface area contributed by atoms with Crippen molar-refractivity contribution >= 4 is 22.7 Å². The summed E-state index contributed by atoms with van der Waals surface area (Å²) in [6.07, 6.45) is 8.97. The SMILES string of the molecule is CCCCc1ccc(-c2c(Nc3c(C)cccc3CC)ccc(-c3ccc(-c4ccc(Nc5c(C)cccc5CC)cc4)cc3)c2-c2ccc(CCCC)cc2)cc1. The quantitative estimate of drug-likeness (QED) is 0.102. The summed E-state index contributed by atoms with van der Waals surface area (Å²) in [7, 11) is 0. The highest BCUT2D eigenvalue weighted by atomic mass is 14.9. The summed E-state index contributed by atoms with van der Waals surface area (Å²) >= 11 is 0. The highest BCUT2D eigenvalue weighted by molar-refractivity contribution is 6.01. The fourth-order valence-corrected chi connectivity index (χ4v) is 8.26. The smallest absolute Gasteiger partial charge is 0.0470 e. The maximum atomic E-state index is 3.99. The number of hydrogen-bond acceptors (Lipinski definition) is 2. The average molecular weight is 761 g/mol. The summed E-state index contributed by atoms with van der Waals surface area (Å²) in [5.74, 6) is 0. The van der Waals surface area contributed by atoms with E-state index in [9.17, 15) is 0 Å². The Morgan fingerprint density at radius 1 is 0.397 bits per heavy atom. The molecule has 294 valence electrons. The molecule has 0 unspecified atom stereocenters. The molecule has 2 N–H and O–H groups in total. The van der Waals surface area contributed by atoms with Crippen LogP contribution in [0, 0.1) is 13.8 Å². The van der Waals surface area contributed by atoms with E-state index in [-0.39, 0.29) is 0 Å². The van der Waals surface area contributed by atoms with Crippen LogP contribution in [0.5, 0.6) is 0 Å². The third-order valence-electron chi connectivity index (χ3n) is 11.8. The van der Waals surface area contributed by atoms with E-state index in [1.165, 1.54) is 115 Å². The number of hydrogen-bond donors (Lipinski definition) is 2. The summed E-state index contributed by atoms with van der Waals surface area (Å²) in [6, 6.07) is 54.6. The minimum absolute atomic E-state index is 0.966. The van der Waals surface area contributed by atoms with Gasteiger partial charge in [-0.1, -0.05) is 168 Å². The summed E-state index contributed by atoms with van der Waals surface area (Å²) in [5.41, 5.74) is 22.4. The molecule has 0 aliphatic heterocycles. The van der Waals surface area contributed by atoms with E-state index in [0.29, 0.717) is 0 Å². The highest BCUT2D eigenvalue weighted by Gasteiger charge is 2.20. The second-order valence-electron chi connectivity index (χ2n) is 15.8. The molecule has 7 aromatic rings. The van der Waals surface area contributed by atoms with Crippen molar-refractivity contribution in [1.82, 2.24) is 0 Å². The summed E-state index contributed by atoms with van der Waals surface area (Å²) in [4.78, 5) is 0. The molecule has 0 spiro atoms. The number of aryl methyl sites for hydroxylation is 6. The van der Waals surface area contributed by atoms with Crippen molar-refractivity contribution < 1.29 is 0 Å². The van der Waals surface area contributed by atoms with E-state index < -0.39 is 0 Å². The standard InChI is InChI=1S/C56H60N2/c1-7-11-17-41-21-25-48(26-22-41)53-51(47-31-29-45(30-32-47)46-33-35-50(36-34-46)57-55-39(5)15-13-19-43(55)9-3)37-38-52(58-56-40(6)16-14-20-44(56)10-4)54(53)49-27-23-42(24-28-49)18-12-8-2/h13-16,19-38,57-58H,7-12,17-18H2,1-6H3. The number of anilines is 4. The lowest BCUT2D eigenvalue weighted by Gasteiger charge is -2.23. The average Bonchev–Trinajstić information content (AvgIpc) is 3.27. The van der Waals surface area contributed by atoms with Gasteiger partial charge >= 0.3 is 0 Å². The topological polar surface area (TPSA) is 24.1 Å². The molecule has 0 amide bonds. The molecule has 0 aromatic heterocycles. The van der Waals surface area contributed by atoms with Crippen LogP contribution >= 0.6 is 0 Å². The second-order valence-corrected chi connectivity index (χ2v) is 15.8. The molecule has 0 bridgehead atoms. The Labute approximate surface area is 348 Å². The zero-order chi connectivity index (χ0) is 40.4. The third kappa shape index (κ3) is 9.13. The van der Waals surface area contributed by atoms with Crippen molar-refractivity contribution in [3.05, 3.63) is 179 Å². The van der Waals surface area contributed by atoms with E-state index >= 15 is 0 Å². The maximum absolute atomic E-state index is 3.99. The molecule has 0 atom stereocenters. The molecule has 0 saturated carbocycles. The molecule has 0 radical (unpaired) electrons. The molecule has 2 nitrogen and oxygen atoms in total. The van der Waals surface area contributed by atoms with Crippen LogP contribution in [0.25, 0.3) is 44.5 Å². The molecule has 0 saturated heterocycles. The van der Waals surface area contributed by atoms with Gasteiger partial charge in [0.05, 0.1) is 0 Å². The van der Waals surface area contributed by atoms with Crippen LogP contribution in [0.3, 0.4) is 0 Å². The van der Waals surface area contributed by atoms with Crippen molar-refractivity contribution in [3.63, 3.8) is 0 Å². The lowest BCUT2D eigenvalue weighted by Crippen LogP contribution is -2.02. The van der Waals surface area contributed by atoms with Crippen molar-refractivity contribution in [2.24, 2.45) is 0 Å². The fraction of sp³-hybridized carbons (Fsp3) is 0.250. The highest BCUT2D eigenvalue weighted by Crippen LogP contribution is 2.46. The first-order valence-electron chi connectivity index (χ1n) is 21.7. The molecule has 0 aliphatic rings. The first-order valence-corrected chi connectivity index (χ1v) is 21.7. The van der Waals surface area contributed by atoms with Gasteiger partial charge in [-0.15, -0.1) is 0 Å². The zero-order valence-corrected chi connectivity index (χ0v) is 35.5. The van der Waals surface area contributed by atoms with Crippen molar-refractivity contribution in [3.8, 4) is 44.5 Å². The fourth-order valence-electron chi connectivity index (χ4n) is 8.26. The lowest BCUT2D eigenvalue weighted by atomic mass is 9.85. The molecule has 0 fully saturated rings. The Kier molecular flexibility index (Phi) is 13.3. The molecule has 58 heavy (non-hydrogen) atoms. The van der Waals surface area contributed by atoms with Crippen molar-refractivity contribution in [2.75, 3.05) is 10.6 Å². The number of unbranched alkanes of at least 4 members (excludes halogenated alkanes) is 2. The normalized spacial score (nSPS) is 11.1. The Morgan fingerprint density at radius 2 is 0.845 bits per heavy atom. The maximum Gasteiger partial charge on any atom is 0.0470 e. The van der Waals surface area contributed by atoms with Gasteiger partial charge in [-0.2, -0.15) is 0 Å². The summed E-state index contributed by atoms with van der Waals surface area (Å²) < 4.78 is 0. The minimum Gasteiger partial charge on any atom is -0.355 e. The van der Waals surface area contributed by atoms with Crippen LogP contribution < -0.4 is 10.6 Å². The summed E-state index contributed by atoms with van der Waals surface area (Å²) in [6.45, 7) is 13.4. The van der Waals surface area contributed by atoms with Gasteiger partial charge in [0.1, 0.15) is 0 Å². The third-order valence-corrected chi connectivity index (χ3v) is 11.8. The van der Waals surface area contributed by atoms with Gasteiger partial charge in [0, 0.05) is 28.3 Å². The van der Waals surface area contributed by atoms with Gasteiger partial charge in [-0.05, 0) is 143 Å². The predicted octanol–water partition coefficient (Wildman–Crippen LogP) is 16.3. The lowest BCUT2D eigenvalue weighted by molar-refractivity contribution is 0.795. The van der Waals surface area contributed by atoms with Gasteiger partial charge < -0.3 is 10.6 Å². The van der Waals surface area contributed by atoms with E-state index in [2.05, 4.69) is 198 Å². The van der Waals surface area contributed by atoms with E-state index in [4.69, 9.17) is 0 Å². The van der Waals surface area contributed by atoms with Gasteiger partial charge in [0.2, 0.25) is 0 Å². The minimum atomic E-state index is 0.966. The van der Waals surface area contributed by atoms with Crippen LogP contribution in [-0.4, -0.2) is 0 Å². The molecule has 7 aromatic carbocycles. The van der Waals surface area contributed by atoms with Gasteiger partial charge in [-0.3, -0.25) is 0 Å². The van der Waals surface area contributed by atoms with Crippen LogP contribution in [0.15, 0.2) is 146 Å². The monoisotopic (exact) mass is 760 g/mol. The predicted molar refractivity (Wildman–Crippen MR) is 253 cm³/mol. The van der Waals surface area contributed by atoms with Crippen molar-refractivity contribution in [2.45, 2.75) is 92.9 Å². The van der Waals surface area contributed by atoms with Gasteiger partial charge in [0.15, 0.2) is 0 Å². The zero-order valence-electron chi connectivity index (χ0n) is 35.5. The van der Waals surface area contributed by atoms with E-state index in [1.54, 1.807) is 0 Å². The second kappa shape index (κ2) is 19.1. The largest absolute Gasteiger partial charge is 0.355 e. The van der Waals surface area contributed by atoms with Gasteiger partial charge in [-0.25, -0.2) is 0 Å². The Balaban J connectivity index is 1.32. The van der Waals surface area contributed by atoms with Crippen LogP contribution in [0.1, 0.15) is 86.8 Å². The molecule has 0 heterocycles. The number of para-hydroxylation sites is 2. The molecule has 2 heteroatoms. The molecular weight excluding hydrogens is 701 g/mol. The number of rotatable bonds is 16. The van der Waals surface area contributed by atoms with Crippen LogP contribution in [0.2, 0.25) is 0 Å². The first-order chi connectivity index (χ1) is 28.4. The Hall–Kier alpha value is -5.86. The number of nitrogens with one attached hydrogen (secondary N) is 2. The Morgan fingerprint density at radius 3 is 1.34 bits per heavy atom. The first kappa shape index (κ1) is 40.3. The van der Waals surface area contributed by atoms with Crippen LogP contribution in [0.4, 0.5) is 22.7 Å². The molecular formula is C56H60N2. The van der Waals surface area contributed by atoms with Gasteiger partial charge in [0.25, 0.3) is 0 Å². The van der Waals surface area contributed by atoms with Crippen LogP contribution in [-0.2, 0) is 25.7 Å². The Bertz CT molecular complexity index is 2420. The summed E-state index contributed by atoms with van der Waals surface area (Å²) in [5, 5.41) is 7.68. The molecule has 0 aliphatic carbocycles.